The van der Waals surface area contributed by atoms with Crippen molar-refractivity contribution in [2.24, 2.45) is 0 Å². The monoisotopic (exact) mass is 335 g/mol. The Morgan fingerprint density at radius 2 is 2.22 bits per heavy atom. The van der Waals surface area contributed by atoms with Crippen LogP contribution in [-0.4, -0.2) is 49.3 Å². The summed E-state index contributed by atoms with van der Waals surface area (Å²) in [6.07, 6.45) is 1.82. The number of halogens is 1. The van der Waals surface area contributed by atoms with Gasteiger partial charge in [0, 0.05) is 24.1 Å². The lowest BCUT2D eigenvalue weighted by Crippen LogP contribution is -2.46. The fourth-order valence-electron chi connectivity index (χ4n) is 3.71. The van der Waals surface area contributed by atoms with Gasteiger partial charge in [0.2, 0.25) is 0 Å². The quantitative estimate of drug-likeness (QED) is 0.846. The van der Waals surface area contributed by atoms with Crippen molar-refractivity contribution < 1.29 is 18.7 Å². The summed E-state index contributed by atoms with van der Waals surface area (Å²) >= 11 is 6.00. The molecule has 1 aliphatic carbocycles. The Hall–Kier alpha value is -1.56. The number of benzene rings is 1. The largest absolute Gasteiger partial charge is 0.451 e. The SMILES string of the molecule is COC1C2CCC1N(C(=O)c1cc3cc(Cl)ccc3o1)CCO2. The molecule has 0 N–H and O–H groups in total. The molecule has 2 aromatic rings. The fraction of sp³-hybridized carbons (Fsp3) is 0.471. The third-order valence-electron chi connectivity index (χ3n) is 4.78. The fourth-order valence-corrected chi connectivity index (χ4v) is 3.89. The third-order valence-corrected chi connectivity index (χ3v) is 5.01. The number of amides is 1. The number of hydrogen-bond donors (Lipinski definition) is 0. The van der Waals surface area contributed by atoms with Gasteiger partial charge >= 0.3 is 0 Å². The first-order valence-corrected chi connectivity index (χ1v) is 8.19. The van der Waals surface area contributed by atoms with E-state index in [2.05, 4.69) is 0 Å². The second-order valence-electron chi connectivity index (χ2n) is 6.05. The van der Waals surface area contributed by atoms with Gasteiger partial charge in [-0.2, -0.15) is 0 Å². The molecule has 122 valence electrons. The Bertz CT molecular complexity index is 743. The lowest BCUT2D eigenvalue weighted by molar-refractivity contribution is -0.0317. The van der Waals surface area contributed by atoms with Crippen LogP contribution in [0.2, 0.25) is 5.02 Å². The molecule has 1 aromatic heterocycles. The maximum atomic E-state index is 12.9. The van der Waals surface area contributed by atoms with Crippen LogP contribution in [0.4, 0.5) is 0 Å². The second kappa shape index (κ2) is 5.82. The zero-order valence-corrected chi connectivity index (χ0v) is 13.6. The molecule has 1 aliphatic heterocycles. The molecule has 3 atom stereocenters. The van der Waals surface area contributed by atoms with Gasteiger partial charge < -0.3 is 18.8 Å². The van der Waals surface area contributed by atoms with E-state index in [0.717, 1.165) is 18.2 Å². The summed E-state index contributed by atoms with van der Waals surface area (Å²) in [7, 11) is 1.68. The van der Waals surface area contributed by atoms with Gasteiger partial charge in [-0.1, -0.05) is 11.6 Å². The standard InChI is InChI=1S/C17H18ClNO4/c1-21-16-12-3-5-14(16)22-7-6-19(12)17(20)15-9-10-8-11(18)2-4-13(10)23-15/h2,4,8-9,12,14,16H,3,5-7H2,1H3. The van der Waals surface area contributed by atoms with Gasteiger partial charge in [0.1, 0.15) is 11.7 Å². The Morgan fingerprint density at radius 3 is 3.04 bits per heavy atom. The normalized spacial score (nSPS) is 27.4. The number of fused-ring (bicyclic) bond motifs is 3. The van der Waals surface area contributed by atoms with Crippen molar-refractivity contribution in [1.29, 1.82) is 0 Å². The smallest absolute Gasteiger partial charge is 0.290 e. The van der Waals surface area contributed by atoms with Gasteiger partial charge in [-0.05, 0) is 37.1 Å². The summed E-state index contributed by atoms with van der Waals surface area (Å²) in [4.78, 5) is 14.8. The van der Waals surface area contributed by atoms with Crippen LogP contribution in [0, 0.1) is 0 Å². The van der Waals surface area contributed by atoms with E-state index in [1.165, 1.54) is 0 Å². The van der Waals surface area contributed by atoms with Crippen molar-refractivity contribution in [2.75, 3.05) is 20.3 Å². The molecule has 2 heterocycles. The number of carbonyl (C=O) groups is 1. The number of ether oxygens (including phenoxy) is 2. The van der Waals surface area contributed by atoms with Crippen LogP contribution in [0.1, 0.15) is 23.4 Å². The minimum absolute atomic E-state index is 0.0387. The molecule has 2 aliphatic rings. The average molecular weight is 336 g/mol. The van der Waals surface area contributed by atoms with E-state index >= 15 is 0 Å². The van der Waals surface area contributed by atoms with Crippen molar-refractivity contribution in [3.63, 3.8) is 0 Å². The van der Waals surface area contributed by atoms with Crippen LogP contribution < -0.4 is 0 Å². The zero-order chi connectivity index (χ0) is 16.0. The molecular weight excluding hydrogens is 318 g/mol. The first-order chi connectivity index (χ1) is 11.2. The number of rotatable bonds is 2. The summed E-state index contributed by atoms with van der Waals surface area (Å²) in [5.74, 6) is 0.220. The molecule has 2 fully saturated rings. The molecule has 1 saturated heterocycles. The van der Waals surface area contributed by atoms with Crippen molar-refractivity contribution >= 4 is 28.5 Å². The highest BCUT2D eigenvalue weighted by atomic mass is 35.5. The Kier molecular flexibility index (Phi) is 3.79. The lowest BCUT2D eigenvalue weighted by atomic mass is 10.1. The van der Waals surface area contributed by atoms with Crippen LogP contribution in [0.25, 0.3) is 11.0 Å². The summed E-state index contributed by atoms with van der Waals surface area (Å²) in [6, 6.07) is 7.13. The van der Waals surface area contributed by atoms with E-state index in [4.69, 9.17) is 25.5 Å². The first-order valence-electron chi connectivity index (χ1n) is 7.82. The number of nitrogens with zero attached hydrogens (tertiary/aromatic N) is 1. The number of methoxy groups -OCH3 is 1. The zero-order valence-electron chi connectivity index (χ0n) is 12.8. The van der Waals surface area contributed by atoms with Gasteiger partial charge in [-0.3, -0.25) is 4.79 Å². The summed E-state index contributed by atoms with van der Waals surface area (Å²) < 4.78 is 17.1. The molecule has 1 saturated carbocycles. The van der Waals surface area contributed by atoms with Crippen molar-refractivity contribution in [3.05, 3.63) is 35.0 Å². The minimum Gasteiger partial charge on any atom is -0.451 e. The van der Waals surface area contributed by atoms with Gasteiger partial charge in [0.15, 0.2) is 5.76 Å². The third kappa shape index (κ3) is 2.53. The van der Waals surface area contributed by atoms with Crippen molar-refractivity contribution in [1.82, 2.24) is 4.90 Å². The van der Waals surface area contributed by atoms with Crippen LogP contribution >= 0.6 is 11.6 Å². The molecule has 6 heteroatoms. The van der Waals surface area contributed by atoms with Gasteiger partial charge in [0.05, 0.1) is 18.8 Å². The highest BCUT2D eigenvalue weighted by Crippen LogP contribution is 2.33. The number of carbonyl (C=O) groups excluding carboxylic acids is 1. The van der Waals surface area contributed by atoms with Crippen LogP contribution in [0.5, 0.6) is 0 Å². The molecule has 2 bridgehead atoms. The van der Waals surface area contributed by atoms with Gasteiger partial charge in [-0.25, -0.2) is 0 Å². The van der Waals surface area contributed by atoms with Crippen LogP contribution in [-0.2, 0) is 9.47 Å². The van der Waals surface area contributed by atoms with Crippen molar-refractivity contribution in [3.8, 4) is 0 Å². The topological polar surface area (TPSA) is 51.9 Å². The number of hydrogen-bond acceptors (Lipinski definition) is 4. The predicted octanol–water partition coefficient (Wildman–Crippen LogP) is 3.10. The number of furan rings is 1. The Balaban J connectivity index is 1.66. The van der Waals surface area contributed by atoms with E-state index < -0.39 is 0 Å². The minimum atomic E-state index is -0.115. The van der Waals surface area contributed by atoms with E-state index in [1.807, 2.05) is 4.90 Å². The van der Waals surface area contributed by atoms with Gasteiger partial charge in [-0.15, -0.1) is 0 Å². The molecule has 0 radical (unpaired) electrons. The highest BCUT2D eigenvalue weighted by molar-refractivity contribution is 6.31. The molecule has 23 heavy (non-hydrogen) atoms. The molecule has 1 aromatic carbocycles. The summed E-state index contributed by atoms with van der Waals surface area (Å²) in [5, 5.41) is 1.46. The summed E-state index contributed by atoms with van der Waals surface area (Å²) in [6.45, 7) is 1.08. The highest BCUT2D eigenvalue weighted by Gasteiger charge is 2.44. The van der Waals surface area contributed by atoms with E-state index in [1.54, 1.807) is 31.4 Å². The molecule has 3 unspecified atom stereocenters. The maximum absolute atomic E-state index is 12.9. The Morgan fingerprint density at radius 1 is 1.35 bits per heavy atom. The summed E-state index contributed by atoms with van der Waals surface area (Å²) in [5.41, 5.74) is 0.663. The molecule has 0 spiro atoms. The molecule has 1 amide bonds. The van der Waals surface area contributed by atoms with E-state index in [-0.39, 0.29) is 24.2 Å². The molecule has 5 nitrogen and oxygen atoms in total. The predicted molar refractivity (Wildman–Crippen MR) is 85.8 cm³/mol. The first kappa shape index (κ1) is 15.0. The van der Waals surface area contributed by atoms with Crippen molar-refractivity contribution in [2.45, 2.75) is 31.1 Å². The van der Waals surface area contributed by atoms with E-state index in [0.29, 0.717) is 29.5 Å². The van der Waals surface area contributed by atoms with E-state index in [9.17, 15) is 4.79 Å². The van der Waals surface area contributed by atoms with Crippen LogP contribution in [0.15, 0.2) is 28.7 Å². The molecule has 4 rings (SSSR count). The Labute approximate surface area is 139 Å². The van der Waals surface area contributed by atoms with Crippen LogP contribution in [0.3, 0.4) is 0 Å². The maximum Gasteiger partial charge on any atom is 0.290 e. The second-order valence-corrected chi connectivity index (χ2v) is 6.48. The lowest BCUT2D eigenvalue weighted by Gasteiger charge is -2.29. The van der Waals surface area contributed by atoms with Gasteiger partial charge in [0.25, 0.3) is 5.91 Å². The average Bonchev–Trinajstić information content (AvgIpc) is 3.07. The molecular formula is C17H18ClNO4.